The molecule has 0 saturated heterocycles. The van der Waals surface area contributed by atoms with Crippen LogP contribution in [0.2, 0.25) is 0 Å². The first-order valence-corrected chi connectivity index (χ1v) is 8.43. The molecule has 0 fully saturated rings. The van der Waals surface area contributed by atoms with Crippen LogP contribution in [0.5, 0.6) is 11.5 Å². The van der Waals surface area contributed by atoms with Gasteiger partial charge in [0.2, 0.25) is 11.8 Å². The quantitative estimate of drug-likeness (QED) is 0.553. The average Bonchev–Trinajstić information content (AvgIpc) is 2.68. The molecule has 0 heterocycles. The van der Waals surface area contributed by atoms with Crippen molar-refractivity contribution in [1.29, 1.82) is 0 Å². The lowest BCUT2D eigenvalue weighted by Crippen LogP contribution is -2.20. The molecule has 0 atom stereocenters. The van der Waals surface area contributed by atoms with Gasteiger partial charge in [-0.05, 0) is 30.7 Å². The number of nitrogens with zero attached hydrogens (tertiary/aromatic N) is 1. The topological polar surface area (TPSA) is 89.0 Å². The smallest absolute Gasteiger partial charge is 0.240 e. The van der Waals surface area contributed by atoms with Crippen molar-refractivity contribution in [2.45, 2.75) is 19.8 Å². The van der Waals surface area contributed by atoms with Crippen LogP contribution in [0, 0.1) is 6.92 Å². The standard InChI is InChI=1S/C20H23N3O4/c1-14-6-4-5-7-17(14)22-19(24)10-11-20(25)23-21-13-15-8-9-16(26-2)12-18(15)27-3/h4-9,12-13H,10-11H2,1-3H3,(H,22,24)(H,23,25)/b21-13-. The Morgan fingerprint density at radius 3 is 2.48 bits per heavy atom. The molecule has 0 aliphatic heterocycles. The van der Waals surface area contributed by atoms with E-state index in [4.69, 9.17) is 9.47 Å². The SMILES string of the molecule is COc1ccc(/C=N\NC(=O)CCC(=O)Nc2ccccc2C)c(OC)c1. The minimum Gasteiger partial charge on any atom is -0.497 e. The third-order valence-electron chi connectivity index (χ3n) is 3.83. The summed E-state index contributed by atoms with van der Waals surface area (Å²) in [7, 11) is 3.11. The number of aryl methyl sites for hydroxylation is 1. The van der Waals surface area contributed by atoms with Crippen molar-refractivity contribution in [3.63, 3.8) is 0 Å². The second kappa shape index (κ2) is 9.96. The number of amides is 2. The molecule has 0 bridgehead atoms. The normalized spacial score (nSPS) is 10.5. The number of anilines is 1. The first-order valence-electron chi connectivity index (χ1n) is 8.43. The zero-order chi connectivity index (χ0) is 19.6. The Bertz CT molecular complexity index is 834. The molecule has 0 aliphatic carbocycles. The number of carbonyl (C=O) groups excluding carboxylic acids is 2. The van der Waals surface area contributed by atoms with Gasteiger partial charge in [0.15, 0.2) is 0 Å². The number of hydrogen-bond donors (Lipinski definition) is 2. The molecule has 0 saturated carbocycles. The van der Waals surface area contributed by atoms with E-state index in [1.165, 1.54) is 13.3 Å². The van der Waals surface area contributed by atoms with Crippen LogP contribution in [0.1, 0.15) is 24.0 Å². The fraction of sp³-hybridized carbons (Fsp3) is 0.250. The van der Waals surface area contributed by atoms with E-state index in [1.807, 2.05) is 31.2 Å². The first kappa shape index (κ1) is 20.0. The van der Waals surface area contributed by atoms with E-state index in [0.717, 1.165) is 11.3 Å². The van der Waals surface area contributed by atoms with Crippen molar-refractivity contribution in [3.05, 3.63) is 53.6 Å². The fourth-order valence-corrected chi connectivity index (χ4v) is 2.31. The van der Waals surface area contributed by atoms with Gasteiger partial charge in [0.25, 0.3) is 0 Å². The van der Waals surface area contributed by atoms with Gasteiger partial charge in [-0.1, -0.05) is 18.2 Å². The van der Waals surface area contributed by atoms with Gasteiger partial charge in [-0.25, -0.2) is 5.43 Å². The molecule has 2 rings (SSSR count). The van der Waals surface area contributed by atoms with Gasteiger partial charge in [-0.2, -0.15) is 5.10 Å². The maximum atomic E-state index is 12.0. The number of hydrazone groups is 1. The number of methoxy groups -OCH3 is 2. The zero-order valence-corrected chi connectivity index (χ0v) is 15.6. The summed E-state index contributed by atoms with van der Waals surface area (Å²) in [5, 5.41) is 6.69. The van der Waals surface area contributed by atoms with Gasteiger partial charge in [0, 0.05) is 30.2 Å². The Balaban J connectivity index is 1.81. The largest absolute Gasteiger partial charge is 0.497 e. The van der Waals surface area contributed by atoms with Crippen LogP contribution in [0.25, 0.3) is 0 Å². The van der Waals surface area contributed by atoms with Gasteiger partial charge in [-0.3, -0.25) is 9.59 Å². The highest BCUT2D eigenvalue weighted by Crippen LogP contribution is 2.23. The second-order valence-corrected chi connectivity index (χ2v) is 5.76. The van der Waals surface area contributed by atoms with Gasteiger partial charge in [-0.15, -0.1) is 0 Å². The van der Waals surface area contributed by atoms with Crippen LogP contribution >= 0.6 is 0 Å². The van der Waals surface area contributed by atoms with Crippen LogP contribution in [0.4, 0.5) is 5.69 Å². The predicted molar refractivity (Wildman–Crippen MR) is 104 cm³/mol. The minimum absolute atomic E-state index is 0.0365. The fourth-order valence-electron chi connectivity index (χ4n) is 2.31. The number of para-hydroxylation sites is 1. The molecule has 2 amide bonds. The third-order valence-corrected chi connectivity index (χ3v) is 3.83. The number of ether oxygens (including phenoxy) is 2. The summed E-state index contributed by atoms with van der Waals surface area (Å²) in [5.41, 5.74) is 4.81. The van der Waals surface area contributed by atoms with Crippen LogP contribution in [-0.2, 0) is 9.59 Å². The highest BCUT2D eigenvalue weighted by atomic mass is 16.5. The molecule has 0 unspecified atom stereocenters. The van der Waals surface area contributed by atoms with E-state index in [-0.39, 0.29) is 24.7 Å². The molecule has 0 aliphatic rings. The van der Waals surface area contributed by atoms with Crippen molar-refractivity contribution >= 4 is 23.7 Å². The van der Waals surface area contributed by atoms with E-state index in [0.29, 0.717) is 17.1 Å². The summed E-state index contributed by atoms with van der Waals surface area (Å²) in [6, 6.07) is 12.7. The van der Waals surface area contributed by atoms with Gasteiger partial charge in [0.1, 0.15) is 11.5 Å². The Hall–Kier alpha value is -3.35. The summed E-state index contributed by atoms with van der Waals surface area (Å²) in [4.78, 5) is 23.8. The summed E-state index contributed by atoms with van der Waals surface area (Å²) in [5.74, 6) is 0.663. The lowest BCUT2D eigenvalue weighted by Gasteiger charge is -2.08. The molecule has 27 heavy (non-hydrogen) atoms. The molecule has 0 radical (unpaired) electrons. The Kier molecular flexibility index (Phi) is 7.37. The Morgan fingerprint density at radius 2 is 1.78 bits per heavy atom. The number of carbonyl (C=O) groups is 2. The third kappa shape index (κ3) is 6.14. The summed E-state index contributed by atoms with van der Waals surface area (Å²) in [6.07, 6.45) is 1.58. The van der Waals surface area contributed by atoms with Gasteiger partial charge >= 0.3 is 0 Å². The lowest BCUT2D eigenvalue weighted by atomic mass is 10.2. The van der Waals surface area contributed by atoms with E-state index in [1.54, 1.807) is 25.3 Å². The molecule has 0 aromatic heterocycles. The van der Waals surface area contributed by atoms with Crippen molar-refractivity contribution in [2.24, 2.45) is 5.10 Å². The molecule has 2 aromatic carbocycles. The molecule has 0 spiro atoms. The molecule has 142 valence electrons. The highest BCUT2D eigenvalue weighted by molar-refractivity contribution is 5.94. The molecule has 7 nitrogen and oxygen atoms in total. The minimum atomic E-state index is -0.348. The van der Waals surface area contributed by atoms with Crippen molar-refractivity contribution in [2.75, 3.05) is 19.5 Å². The zero-order valence-electron chi connectivity index (χ0n) is 15.6. The highest BCUT2D eigenvalue weighted by Gasteiger charge is 2.08. The first-order chi connectivity index (χ1) is 13.0. The Morgan fingerprint density at radius 1 is 1.04 bits per heavy atom. The van der Waals surface area contributed by atoms with Crippen molar-refractivity contribution in [3.8, 4) is 11.5 Å². The Labute approximate surface area is 158 Å². The number of nitrogens with one attached hydrogen (secondary N) is 2. The van der Waals surface area contributed by atoms with E-state index in [2.05, 4.69) is 15.8 Å². The maximum Gasteiger partial charge on any atom is 0.240 e. The average molecular weight is 369 g/mol. The number of hydrogen-bond acceptors (Lipinski definition) is 5. The van der Waals surface area contributed by atoms with E-state index < -0.39 is 0 Å². The molecular weight excluding hydrogens is 346 g/mol. The molecule has 2 aromatic rings. The van der Waals surface area contributed by atoms with Crippen LogP contribution < -0.4 is 20.2 Å². The summed E-state index contributed by atoms with van der Waals surface area (Å²) < 4.78 is 10.4. The van der Waals surface area contributed by atoms with Crippen LogP contribution in [0.15, 0.2) is 47.6 Å². The van der Waals surface area contributed by atoms with E-state index in [9.17, 15) is 9.59 Å². The van der Waals surface area contributed by atoms with Gasteiger partial charge < -0.3 is 14.8 Å². The maximum absolute atomic E-state index is 12.0. The lowest BCUT2D eigenvalue weighted by molar-refractivity contribution is -0.124. The summed E-state index contributed by atoms with van der Waals surface area (Å²) >= 11 is 0. The molecule has 2 N–H and O–H groups in total. The second-order valence-electron chi connectivity index (χ2n) is 5.76. The number of rotatable bonds is 8. The van der Waals surface area contributed by atoms with Crippen LogP contribution in [-0.4, -0.2) is 32.2 Å². The predicted octanol–water partition coefficient (Wildman–Crippen LogP) is 2.88. The van der Waals surface area contributed by atoms with Crippen LogP contribution in [0.3, 0.4) is 0 Å². The van der Waals surface area contributed by atoms with Gasteiger partial charge in [0.05, 0.1) is 20.4 Å². The summed E-state index contributed by atoms with van der Waals surface area (Å²) in [6.45, 7) is 1.91. The van der Waals surface area contributed by atoms with E-state index >= 15 is 0 Å². The molecular formula is C20H23N3O4. The molecule has 7 heteroatoms. The van der Waals surface area contributed by atoms with Crippen molar-refractivity contribution in [1.82, 2.24) is 5.43 Å². The monoisotopic (exact) mass is 369 g/mol. The van der Waals surface area contributed by atoms with Crippen molar-refractivity contribution < 1.29 is 19.1 Å². The number of benzene rings is 2.